The number of hydrogen-bond donors (Lipinski definition) is 2. The normalized spacial score (nSPS) is 10.8. The van der Waals surface area contributed by atoms with Crippen molar-refractivity contribution < 1.29 is 4.79 Å². The Labute approximate surface area is 152 Å². The number of aromatic nitrogens is 5. The summed E-state index contributed by atoms with van der Waals surface area (Å²) in [5, 5.41) is 14.6. The van der Waals surface area contributed by atoms with Crippen molar-refractivity contribution in [2.75, 3.05) is 5.32 Å². The molecule has 0 fully saturated rings. The van der Waals surface area contributed by atoms with Crippen molar-refractivity contribution in [3.63, 3.8) is 0 Å². The molecule has 0 atom stereocenters. The minimum absolute atomic E-state index is 0.268. The van der Waals surface area contributed by atoms with Gasteiger partial charge in [-0.15, -0.1) is 16.4 Å². The lowest BCUT2D eigenvalue weighted by atomic mass is 10.3. The fraction of sp³-hybridized carbons (Fsp3) is 0.118. The number of carbonyl (C=O) groups excluding carboxylic acids is 1. The van der Waals surface area contributed by atoms with Crippen LogP contribution in [0.1, 0.15) is 10.7 Å². The van der Waals surface area contributed by atoms with Crippen LogP contribution in [0.15, 0.2) is 48.9 Å². The van der Waals surface area contributed by atoms with Crippen molar-refractivity contribution in [1.29, 1.82) is 0 Å². The van der Waals surface area contributed by atoms with Crippen molar-refractivity contribution >= 4 is 33.3 Å². The maximum absolute atomic E-state index is 12.1. The van der Waals surface area contributed by atoms with Crippen molar-refractivity contribution in [1.82, 2.24) is 30.3 Å². The van der Waals surface area contributed by atoms with Crippen molar-refractivity contribution in [3.8, 4) is 5.69 Å². The Kier molecular flexibility index (Phi) is 4.28. The van der Waals surface area contributed by atoms with Gasteiger partial charge in [0.1, 0.15) is 5.69 Å². The van der Waals surface area contributed by atoms with Gasteiger partial charge in [0.25, 0.3) is 0 Å². The molecule has 0 unspecified atom stereocenters. The molecule has 3 heterocycles. The predicted octanol–water partition coefficient (Wildman–Crippen LogP) is 2.90. The van der Waals surface area contributed by atoms with E-state index in [-0.39, 0.29) is 12.6 Å². The number of fused-ring (bicyclic) bond motifs is 1. The number of anilines is 1. The van der Waals surface area contributed by atoms with Gasteiger partial charge in [-0.2, -0.15) is 0 Å². The zero-order valence-electron chi connectivity index (χ0n) is 13.9. The molecule has 0 saturated heterocycles. The van der Waals surface area contributed by atoms with Crippen LogP contribution in [-0.4, -0.2) is 31.0 Å². The molecule has 4 aromatic rings. The first-order valence-corrected chi connectivity index (χ1v) is 8.73. The second-order valence-electron chi connectivity index (χ2n) is 5.59. The molecule has 2 N–H and O–H groups in total. The van der Waals surface area contributed by atoms with E-state index in [0.29, 0.717) is 11.4 Å². The molecule has 1 aromatic carbocycles. The van der Waals surface area contributed by atoms with Crippen molar-refractivity contribution in [2.24, 2.45) is 0 Å². The first-order valence-electron chi connectivity index (χ1n) is 7.91. The highest BCUT2D eigenvalue weighted by Crippen LogP contribution is 2.24. The summed E-state index contributed by atoms with van der Waals surface area (Å²) in [4.78, 5) is 20.6. The van der Waals surface area contributed by atoms with Crippen LogP contribution in [0.4, 0.5) is 10.5 Å². The number of nitrogens with zero attached hydrogens (tertiary/aromatic N) is 5. The van der Waals surface area contributed by atoms with Gasteiger partial charge in [0.15, 0.2) is 0 Å². The van der Waals surface area contributed by atoms with Gasteiger partial charge in [0.2, 0.25) is 0 Å². The minimum Gasteiger partial charge on any atom is -0.332 e. The third kappa shape index (κ3) is 3.52. The van der Waals surface area contributed by atoms with Gasteiger partial charge in [-0.1, -0.05) is 5.21 Å². The predicted molar refractivity (Wildman–Crippen MR) is 99.4 cm³/mol. The zero-order valence-corrected chi connectivity index (χ0v) is 14.7. The average molecular weight is 365 g/mol. The molecule has 0 aliphatic carbocycles. The third-order valence-corrected chi connectivity index (χ3v) is 4.59. The van der Waals surface area contributed by atoms with Gasteiger partial charge in [-0.25, -0.2) is 14.5 Å². The number of nitrogens with one attached hydrogen (secondary N) is 2. The number of amides is 2. The first-order chi connectivity index (χ1) is 12.7. The van der Waals surface area contributed by atoms with Gasteiger partial charge < -0.3 is 10.6 Å². The Morgan fingerprint density at radius 2 is 2.23 bits per heavy atom. The van der Waals surface area contributed by atoms with E-state index in [1.807, 2.05) is 37.3 Å². The Hall–Kier alpha value is -3.33. The highest BCUT2D eigenvalue weighted by Gasteiger charge is 2.07. The summed E-state index contributed by atoms with van der Waals surface area (Å²) in [6, 6.07) is 9.06. The molecule has 3 aromatic heterocycles. The Morgan fingerprint density at radius 3 is 3.08 bits per heavy atom. The summed E-state index contributed by atoms with van der Waals surface area (Å²) in [5.41, 5.74) is 3.03. The fourth-order valence-corrected chi connectivity index (χ4v) is 3.27. The number of pyridine rings is 1. The van der Waals surface area contributed by atoms with E-state index < -0.39 is 0 Å². The lowest BCUT2D eigenvalue weighted by Gasteiger charge is -2.06. The number of benzene rings is 1. The van der Waals surface area contributed by atoms with Crippen LogP contribution in [0.25, 0.3) is 15.9 Å². The third-order valence-electron chi connectivity index (χ3n) is 3.63. The number of rotatable bonds is 4. The summed E-state index contributed by atoms with van der Waals surface area (Å²) in [6.45, 7) is 2.23. The van der Waals surface area contributed by atoms with Gasteiger partial charge in [-0.05, 0) is 37.3 Å². The van der Waals surface area contributed by atoms with Crippen LogP contribution in [-0.2, 0) is 6.54 Å². The summed E-state index contributed by atoms with van der Waals surface area (Å²) in [7, 11) is 0. The maximum atomic E-state index is 12.1. The summed E-state index contributed by atoms with van der Waals surface area (Å²) in [5.74, 6) is 0. The Bertz CT molecular complexity index is 1060. The van der Waals surface area contributed by atoms with E-state index >= 15 is 0 Å². The molecule has 0 aliphatic heterocycles. The molecular weight excluding hydrogens is 350 g/mol. The monoisotopic (exact) mass is 365 g/mol. The van der Waals surface area contributed by atoms with E-state index in [1.165, 1.54) is 0 Å². The topological polar surface area (TPSA) is 97.6 Å². The molecule has 2 amide bonds. The number of hydrogen-bond acceptors (Lipinski definition) is 6. The molecule has 26 heavy (non-hydrogen) atoms. The molecule has 8 nitrogen and oxygen atoms in total. The van der Waals surface area contributed by atoms with Crippen LogP contribution < -0.4 is 10.6 Å². The lowest BCUT2D eigenvalue weighted by Crippen LogP contribution is -2.28. The van der Waals surface area contributed by atoms with Gasteiger partial charge >= 0.3 is 6.03 Å². The molecule has 0 spiro atoms. The number of urea groups is 1. The van der Waals surface area contributed by atoms with E-state index in [9.17, 15) is 4.79 Å². The van der Waals surface area contributed by atoms with Gasteiger partial charge in [0.05, 0.1) is 39.9 Å². The molecule has 0 radical (unpaired) electrons. The van der Waals surface area contributed by atoms with E-state index in [4.69, 9.17) is 0 Å². The van der Waals surface area contributed by atoms with Crippen LogP contribution >= 0.6 is 11.3 Å². The molecular formula is C17H15N7OS. The maximum Gasteiger partial charge on any atom is 0.319 e. The average Bonchev–Trinajstić information content (AvgIpc) is 3.26. The molecule has 9 heteroatoms. The van der Waals surface area contributed by atoms with Crippen LogP contribution in [0.3, 0.4) is 0 Å². The highest BCUT2D eigenvalue weighted by atomic mass is 32.1. The Morgan fingerprint density at radius 1 is 1.31 bits per heavy atom. The second kappa shape index (κ2) is 6.89. The molecule has 4 rings (SSSR count). The van der Waals surface area contributed by atoms with E-state index in [0.717, 1.165) is 20.9 Å². The van der Waals surface area contributed by atoms with Crippen LogP contribution in [0.5, 0.6) is 0 Å². The molecule has 0 aliphatic rings. The molecule has 130 valence electrons. The SMILES string of the molecule is Cc1nc2cc(NC(=O)NCc3cn(-c4cccnc4)nn3)ccc2s1. The lowest BCUT2D eigenvalue weighted by molar-refractivity contribution is 0.251. The highest BCUT2D eigenvalue weighted by molar-refractivity contribution is 7.18. The van der Waals surface area contributed by atoms with E-state index in [1.54, 1.807) is 34.6 Å². The smallest absolute Gasteiger partial charge is 0.319 e. The second-order valence-corrected chi connectivity index (χ2v) is 6.82. The molecule has 0 saturated carbocycles. The zero-order chi connectivity index (χ0) is 17.9. The number of thiazole rings is 1. The summed E-state index contributed by atoms with van der Waals surface area (Å²) < 4.78 is 2.71. The minimum atomic E-state index is -0.313. The number of carbonyl (C=O) groups is 1. The standard InChI is InChI=1S/C17H15N7OS/c1-11-20-15-7-12(4-5-16(15)26-11)21-17(25)19-8-13-10-24(23-22-13)14-3-2-6-18-9-14/h2-7,9-10H,8H2,1H3,(H2,19,21,25). The van der Waals surface area contributed by atoms with Crippen LogP contribution in [0, 0.1) is 6.92 Å². The van der Waals surface area contributed by atoms with Crippen molar-refractivity contribution in [3.05, 3.63) is 59.6 Å². The first kappa shape index (κ1) is 16.2. The number of aryl methyl sites for hydroxylation is 1. The summed E-state index contributed by atoms with van der Waals surface area (Å²) in [6.07, 6.45) is 5.13. The largest absolute Gasteiger partial charge is 0.332 e. The Balaban J connectivity index is 1.37. The fourth-order valence-electron chi connectivity index (χ4n) is 2.46. The summed E-state index contributed by atoms with van der Waals surface area (Å²) >= 11 is 1.63. The van der Waals surface area contributed by atoms with E-state index in [2.05, 4.69) is 30.9 Å². The van der Waals surface area contributed by atoms with Crippen LogP contribution in [0.2, 0.25) is 0 Å². The molecule has 0 bridgehead atoms. The van der Waals surface area contributed by atoms with Gasteiger partial charge in [-0.3, -0.25) is 4.98 Å². The van der Waals surface area contributed by atoms with Crippen molar-refractivity contribution in [2.45, 2.75) is 13.5 Å². The van der Waals surface area contributed by atoms with Gasteiger partial charge in [0, 0.05) is 11.9 Å². The quantitative estimate of drug-likeness (QED) is 0.579.